The smallest absolute Gasteiger partial charge is 0.191 e. The fourth-order valence-corrected chi connectivity index (χ4v) is 3.58. The fraction of sp³-hybridized carbons (Fsp3) is 0.571. The molecule has 2 aromatic rings. The maximum absolute atomic E-state index is 5.87. The minimum absolute atomic E-state index is 0. The van der Waals surface area contributed by atoms with Crippen LogP contribution in [0.15, 0.2) is 39.7 Å². The summed E-state index contributed by atoms with van der Waals surface area (Å²) >= 11 is 0. The number of halogens is 1. The topological polar surface area (TPSA) is 62.0 Å². The number of para-hydroxylation sites is 1. The number of guanidine groups is 1. The molecule has 0 saturated carbocycles. The number of fused-ring (bicyclic) bond motifs is 1. The van der Waals surface area contributed by atoms with E-state index in [1.807, 2.05) is 18.2 Å². The number of hydrogen-bond acceptors (Lipinski definition) is 4. The van der Waals surface area contributed by atoms with Gasteiger partial charge in [0.1, 0.15) is 11.3 Å². The predicted molar refractivity (Wildman–Crippen MR) is 125 cm³/mol. The quantitative estimate of drug-likeness (QED) is 0.347. The molecule has 1 aliphatic heterocycles. The Hall–Kier alpha value is -1.32. The van der Waals surface area contributed by atoms with Crippen molar-refractivity contribution < 1.29 is 9.15 Å². The molecule has 1 aliphatic rings. The number of benzene rings is 1. The van der Waals surface area contributed by atoms with Gasteiger partial charge in [0.2, 0.25) is 0 Å². The molecule has 0 radical (unpaired) electrons. The lowest BCUT2D eigenvalue weighted by atomic mass is 10.0. The van der Waals surface area contributed by atoms with Crippen LogP contribution < -0.4 is 10.6 Å². The number of morpholine rings is 1. The summed E-state index contributed by atoms with van der Waals surface area (Å²) in [7, 11) is 1.81. The number of hydrogen-bond donors (Lipinski definition) is 2. The molecule has 1 fully saturated rings. The van der Waals surface area contributed by atoms with Gasteiger partial charge in [-0.15, -0.1) is 24.0 Å². The first-order valence-corrected chi connectivity index (χ1v) is 9.89. The van der Waals surface area contributed by atoms with Crippen molar-refractivity contribution in [3.63, 3.8) is 0 Å². The Labute approximate surface area is 185 Å². The number of rotatable bonds is 7. The Bertz CT molecular complexity index is 708. The Morgan fingerprint density at radius 2 is 1.93 bits per heavy atom. The van der Waals surface area contributed by atoms with Gasteiger partial charge in [0.05, 0.1) is 19.8 Å². The zero-order valence-electron chi connectivity index (χ0n) is 17.1. The van der Waals surface area contributed by atoms with E-state index in [4.69, 9.17) is 9.15 Å². The van der Waals surface area contributed by atoms with E-state index in [2.05, 4.69) is 46.5 Å². The predicted octanol–water partition coefficient (Wildman–Crippen LogP) is 3.46. The zero-order chi connectivity index (χ0) is 19.1. The van der Waals surface area contributed by atoms with Crippen molar-refractivity contribution in [3.05, 3.63) is 36.1 Å². The summed E-state index contributed by atoms with van der Waals surface area (Å²) in [6.45, 7) is 9.71. The molecule has 2 heterocycles. The molecule has 6 nitrogen and oxygen atoms in total. The number of nitrogens with one attached hydrogen (secondary N) is 2. The van der Waals surface area contributed by atoms with E-state index in [1.54, 1.807) is 7.05 Å². The van der Waals surface area contributed by atoms with Crippen molar-refractivity contribution in [2.24, 2.45) is 10.9 Å². The molecule has 0 aliphatic carbocycles. The molecule has 1 atom stereocenters. The second-order valence-electron chi connectivity index (χ2n) is 7.49. The van der Waals surface area contributed by atoms with Crippen LogP contribution in [0.4, 0.5) is 0 Å². The van der Waals surface area contributed by atoms with E-state index < -0.39 is 0 Å². The third kappa shape index (κ3) is 6.63. The van der Waals surface area contributed by atoms with E-state index in [-0.39, 0.29) is 24.0 Å². The summed E-state index contributed by atoms with van der Waals surface area (Å²) in [4.78, 5) is 6.89. The SMILES string of the molecule is CN=C(NCc1cc2ccccc2o1)NCC(CC(C)C)N1CCOCC1.I. The molecule has 0 amide bonds. The molecule has 28 heavy (non-hydrogen) atoms. The van der Waals surface area contributed by atoms with Crippen LogP contribution in [0, 0.1) is 5.92 Å². The lowest BCUT2D eigenvalue weighted by Gasteiger charge is -2.35. The van der Waals surface area contributed by atoms with E-state index in [0.29, 0.717) is 18.5 Å². The van der Waals surface area contributed by atoms with Gasteiger partial charge < -0.3 is 19.8 Å². The summed E-state index contributed by atoms with van der Waals surface area (Å²) in [5, 5.41) is 7.98. The maximum Gasteiger partial charge on any atom is 0.191 e. The molecule has 2 N–H and O–H groups in total. The molecule has 0 spiro atoms. The molecule has 1 aromatic carbocycles. The van der Waals surface area contributed by atoms with Crippen molar-refractivity contribution in [3.8, 4) is 0 Å². The highest BCUT2D eigenvalue weighted by Crippen LogP contribution is 2.18. The summed E-state index contributed by atoms with van der Waals surface area (Å²) < 4.78 is 11.4. The minimum atomic E-state index is 0. The van der Waals surface area contributed by atoms with Crippen LogP contribution in [0.5, 0.6) is 0 Å². The molecule has 1 saturated heterocycles. The lowest BCUT2D eigenvalue weighted by Crippen LogP contribution is -2.50. The van der Waals surface area contributed by atoms with Gasteiger partial charge in [-0.1, -0.05) is 32.0 Å². The van der Waals surface area contributed by atoms with E-state index in [1.165, 1.54) is 0 Å². The van der Waals surface area contributed by atoms with Gasteiger partial charge in [0.15, 0.2) is 5.96 Å². The molecular formula is C21H33IN4O2. The largest absolute Gasteiger partial charge is 0.459 e. The Morgan fingerprint density at radius 3 is 2.61 bits per heavy atom. The Kier molecular flexibility index (Phi) is 9.53. The van der Waals surface area contributed by atoms with Gasteiger partial charge in [0, 0.05) is 38.1 Å². The van der Waals surface area contributed by atoms with Crippen LogP contribution >= 0.6 is 24.0 Å². The van der Waals surface area contributed by atoms with Crippen LogP contribution in [0.1, 0.15) is 26.0 Å². The van der Waals surface area contributed by atoms with Crippen molar-refractivity contribution in [1.29, 1.82) is 0 Å². The van der Waals surface area contributed by atoms with Gasteiger partial charge in [-0.2, -0.15) is 0 Å². The van der Waals surface area contributed by atoms with E-state index >= 15 is 0 Å². The van der Waals surface area contributed by atoms with Gasteiger partial charge >= 0.3 is 0 Å². The van der Waals surface area contributed by atoms with Crippen molar-refractivity contribution in [2.45, 2.75) is 32.9 Å². The normalized spacial score (nSPS) is 16.8. The standard InChI is InChI=1S/C21H32N4O2.HI/c1-16(2)12-18(25-8-10-26-11-9-25)14-23-21(22-3)24-15-19-13-17-6-4-5-7-20(17)27-19;/h4-7,13,16,18H,8-12,14-15H2,1-3H3,(H2,22,23,24);1H. The molecule has 0 bridgehead atoms. The maximum atomic E-state index is 5.87. The Morgan fingerprint density at radius 1 is 1.18 bits per heavy atom. The first-order chi connectivity index (χ1) is 13.2. The second-order valence-corrected chi connectivity index (χ2v) is 7.49. The van der Waals surface area contributed by atoms with Crippen molar-refractivity contribution >= 4 is 40.9 Å². The summed E-state index contributed by atoms with van der Waals surface area (Å²) in [5.41, 5.74) is 0.918. The first kappa shape index (κ1) is 23.0. The summed E-state index contributed by atoms with van der Waals surface area (Å²) in [6, 6.07) is 10.6. The van der Waals surface area contributed by atoms with Crippen LogP contribution in [-0.4, -0.2) is 56.8 Å². The van der Waals surface area contributed by atoms with Crippen LogP contribution in [0.3, 0.4) is 0 Å². The van der Waals surface area contributed by atoms with Gasteiger partial charge in [0.25, 0.3) is 0 Å². The Balaban J connectivity index is 0.00000280. The van der Waals surface area contributed by atoms with E-state index in [9.17, 15) is 0 Å². The van der Waals surface area contributed by atoms with Gasteiger partial charge in [-0.3, -0.25) is 9.89 Å². The van der Waals surface area contributed by atoms with E-state index in [0.717, 1.165) is 62.0 Å². The second kappa shape index (κ2) is 11.6. The molecule has 156 valence electrons. The first-order valence-electron chi connectivity index (χ1n) is 9.89. The van der Waals surface area contributed by atoms with Crippen molar-refractivity contribution in [1.82, 2.24) is 15.5 Å². The molecule has 3 rings (SSSR count). The molecular weight excluding hydrogens is 467 g/mol. The molecule has 1 unspecified atom stereocenters. The monoisotopic (exact) mass is 500 g/mol. The third-order valence-electron chi connectivity index (χ3n) is 4.94. The average molecular weight is 500 g/mol. The summed E-state index contributed by atoms with van der Waals surface area (Å²) in [6.07, 6.45) is 1.16. The number of ether oxygens (including phenoxy) is 1. The van der Waals surface area contributed by atoms with Crippen molar-refractivity contribution in [2.75, 3.05) is 39.9 Å². The third-order valence-corrected chi connectivity index (χ3v) is 4.94. The highest BCUT2D eigenvalue weighted by molar-refractivity contribution is 14.0. The van der Waals surface area contributed by atoms with Crippen LogP contribution in [0.2, 0.25) is 0 Å². The molecule has 1 aromatic heterocycles. The van der Waals surface area contributed by atoms with Crippen LogP contribution in [0.25, 0.3) is 11.0 Å². The van der Waals surface area contributed by atoms with Crippen LogP contribution in [-0.2, 0) is 11.3 Å². The van der Waals surface area contributed by atoms with Gasteiger partial charge in [-0.05, 0) is 24.5 Å². The fourth-order valence-electron chi connectivity index (χ4n) is 3.58. The number of nitrogens with zero attached hydrogens (tertiary/aromatic N) is 2. The highest BCUT2D eigenvalue weighted by atomic mass is 127. The zero-order valence-corrected chi connectivity index (χ0v) is 19.4. The molecule has 7 heteroatoms. The number of aliphatic imine (C=N–C) groups is 1. The number of furan rings is 1. The summed E-state index contributed by atoms with van der Waals surface area (Å²) in [5.74, 6) is 2.37. The lowest BCUT2D eigenvalue weighted by molar-refractivity contribution is 0.0132. The average Bonchev–Trinajstić information content (AvgIpc) is 3.10. The highest BCUT2D eigenvalue weighted by Gasteiger charge is 2.22. The minimum Gasteiger partial charge on any atom is -0.459 e. The van der Waals surface area contributed by atoms with Gasteiger partial charge in [-0.25, -0.2) is 0 Å².